The molecule has 6 heterocycles. The van der Waals surface area contributed by atoms with Gasteiger partial charge in [0.1, 0.15) is 16.3 Å². The quantitative estimate of drug-likeness (QED) is 0.283. The van der Waals surface area contributed by atoms with Crippen LogP contribution < -0.4 is 11.3 Å². The summed E-state index contributed by atoms with van der Waals surface area (Å²) in [7, 11) is -3.77. The molecule has 2 saturated heterocycles. The highest BCUT2D eigenvalue weighted by Gasteiger charge is 2.46. The number of carbonyl (C=O) groups is 1. The molecule has 7 rings (SSSR count). The van der Waals surface area contributed by atoms with Crippen molar-refractivity contribution >= 4 is 27.2 Å². The van der Waals surface area contributed by atoms with E-state index in [4.69, 9.17) is 10.7 Å². The summed E-state index contributed by atoms with van der Waals surface area (Å²) >= 11 is 0. The first-order valence-electron chi connectivity index (χ1n) is 13.7. The molecule has 2 aliphatic rings. The summed E-state index contributed by atoms with van der Waals surface area (Å²) in [6.45, 7) is 0. The van der Waals surface area contributed by atoms with Gasteiger partial charge in [0, 0.05) is 53.3 Å². The smallest absolute Gasteiger partial charge is 0.276 e. The predicted molar refractivity (Wildman–Crippen MR) is 156 cm³/mol. The number of pyridine rings is 1. The molecule has 1 unspecified atom stereocenters. The molecule has 2 aliphatic heterocycles. The summed E-state index contributed by atoms with van der Waals surface area (Å²) in [6.07, 6.45) is 8.41. The van der Waals surface area contributed by atoms with Crippen LogP contribution in [0.5, 0.6) is 0 Å². The number of amides is 1. The second-order valence-electron chi connectivity index (χ2n) is 11.0. The first kappa shape index (κ1) is 26.1. The fourth-order valence-corrected chi connectivity index (χ4v) is 7.61. The van der Waals surface area contributed by atoms with Gasteiger partial charge < -0.3 is 15.7 Å². The normalized spacial score (nSPS) is 20.3. The van der Waals surface area contributed by atoms with Crippen LogP contribution in [0.1, 0.15) is 47.7 Å². The number of anilines is 1. The van der Waals surface area contributed by atoms with Crippen LogP contribution in [-0.4, -0.2) is 67.3 Å². The van der Waals surface area contributed by atoms with Gasteiger partial charge in [0.05, 0.1) is 17.6 Å². The molecule has 1 amide bonds. The standard InChI is InChI=1S/C29H28N8O4S/c1-42(40,41)25-24(18-11-19-8-9-20(12-18)36(19)29(39)22-14-32-35-28(22)38)34-27-21(15-33-37(27)26(25)30)17-7-10-23(31-13-17)16-5-3-2-4-6-16/h2-7,10,13-15,18-20H,8-9,11-12,30H2,1H3,(H2,32,35,38)/t18?,19-,20+. The van der Waals surface area contributed by atoms with E-state index in [-0.39, 0.29) is 40.2 Å². The van der Waals surface area contributed by atoms with Crippen molar-refractivity contribution in [2.24, 2.45) is 0 Å². The van der Waals surface area contributed by atoms with Crippen LogP contribution in [0, 0.1) is 0 Å². The lowest BCUT2D eigenvalue weighted by atomic mass is 9.87. The molecule has 3 atom stereocenters. The van der Waals surface area contributed by atoms with Crippen LogP contribution >= 0.6 is 0 Å². The van der Waals surface area contributed by atoms with Crippen LogP contribution in [0.4, 0.5) is 5.82 Å². The SMILES string of the molecule is CS(=O)(=O)c1c(C2C[C@H]3CC[C@@H](C2)N3C(=O)c2c[nH][nH]c2=O)nc2c(-c3ccc(-c4ccccc4)nc3)cnn2c1N. The Kier molecular flexibility index (Phi) is 6.01. The van der Waals surface area contributed by atoms with Crippen LogP contribution in [0.3, 0.4) is 0 Å². The van der Waals surface area contributed by atoms with E-state index in [9.17, 15) is 18.0 Å². The lowest BCUT2D eigenvalue weighted by Crippen LogP contribution is -2.47. The summed E-state index contributed by atoms with van der Waals surface area (Å²) in [5.41, 5.74) is 10.2. The Morgan fingerprint density at radius 1 is 1.02 bits per heavy atom. The van der Waals surface area contributed by atoms with Crippen molar-refractivity contribution in [3.05, 3.63) is 82.7 Å². The van der Waals surface area contributed by atoms with Crippen LogP contribution in [-0.2, 0) is 9.84 Å². The van der Waals surface area contributed by atoms with Crippen LogP contribution in [0.25, 0.3) is 28.0 Å². The van der Waals surface area contributed by atoms with Crippen molar-refractivity contribution < 1.29 is 13.2 Å². The molecule has 4 aromatic heterocycles. The van der Waals surface area contributed by atoms with E-state index in [1.807, 2.05) is 42.5 Å². The highest BCUT2D eigenvalue weighted by Crippen LogP contribution is 2.45. The van der Waals surface area contributed by atoms with Crippen molar-refractivity contribution in [1.29, 1.82) is 0 Å². The largest absolute Gasteiger partial charge is 0.382 e. The number of nitrogens with one attached hydrogen (secondary N) is 2. The number of carbonyl (C=O) groups excluding carboxylic acids is 1. The van der Waals surface area contributed by atoms with Crippen molar-refractivity contribution in [2.75, 3.05) is 12.0 Å². The zero-order chi connectivity index (χ0) is 29.2. The second kappa shape index (κ2) is 9.65. The van der Waals surface area contributed by atoms with Gasteiger partial charge in [-0.15, -0.1) is 0 Å². The first-order chi connectivity index (χ1) is 20.2. The lowest BCUT2D eigenvalue weighted by molar-refractivity contribution is 0.0567. The number of hydrogen-bond acceptors (Lipinski definition) is 8. The third kappa shape index (κ3) is 4.19. The lowest BCUT2D eigenvalue weighted by Gasteiger charge is -2.39. The number of piperidine rings is 1. The monoisotopic (exact) mass is 584 g/mol. The van der Waals surface area contributed by atoms with Crippen molar-refractivity contribution in [3.63, 3.8) is 0 Å². The number of nitrogens with zero attached hydrogens (tertiary/aromatic N) is 5. The maximum absolute atomic E-state index is 13.3. The molecular weight excluding hydrogens is 556 g/mol. The van der Waals surface area contributed by atoms with Crippen molar-refractivity contribution in [2.45, 2.75) is 48.6 Å². The molecule has 5 aromatic rings. The zero-order valence-electron chi connectivity index (χ0n) is 22.7. The number of benzene rings is 1. The van der Waals surface area contributed by atoms with E-state index >= 15 is 0 Å². The number of aromatic amines is 2. The average Bonchev–Trinajstić information content (AvgIpc) is 3.68. The minimum atomic E-state index is -3.77. The van der Waals surface area contributed by atoms with Gasteiger partial charge in [-0.3, -0.25) is 19.7 Å². The summed E-state index contributed by atoms with van der Waals surface area (Å²) in [4.78, 5) is 36.7. The van der Waals surface area contributed by atoms with E-state index in [0.29, 0.717) is 29.7 Å². The highest BCUT2D eigenvalue weighted by atomic mass is 32.2. The highest BCUT2D eigenvalue weighted by molar-refractivity contribution is 7.91. The Labute approximate surface area is 240 Å². The molecule has 1 aromatic carbocycles. The zero-order valence-corrected chi connectivity index (χ0v) is 23.5. The molecule has 42 heavy (non-hydrogen) atoms. The van der Waals surface area contributed by atoms with E-state index < -0.39 is 15.4 Å². The molecule has 0 saturated carbocycles. The second-order valence-corrected chi connectivity index (χ2v) is 13.0. The van der Waals surface area contributed by atoms with E-state index in [1.165, 1.54) is 10.7 Å². The van der Waals surface area contributed by atoms with E-state index in [2.05, 4.69) is 20.3 Å². The molecule has 2 bridgehead atoms. The van der Waals surface area contributed by atoms with Gasteiger partial charge in [0.2, 0.25) is 0 Å². The fraction of sp³-hybridized carbons (Fsp3) is 0.276. The van der Waals surface area contributed by atoms with Gasteiger partial charge in [-0.1, -0.05) is 36.4 Å². The van der Waals surface area contributed by atoms with Gasteiger partial charge in [-0.25, -0.2) is 13.4 Å². The summed E-state index contributed by atoms with van der Waals surface area (Å²) in [5, 5.41) is 9.40. The number of hydrogen-bond donors (Lipinski definition) is 3. The van der Waals surface area contributed by atoms with Gasteiger partial charge in [0.25, 0.3) is 11.5 Å². The number of nitrogens with two attached hydrogens (primary N) is 1. The Hall–Kier alpha value is -4.78. The van der Waals surface area contributed by atoms with Gasteiger partial charge in [-0.2, -0.15) is 9.61 Å². The third-order valence-electron chi connectivity index (χ3n) is 8.41. The van der Waals surface area contributed by atoms with Gasteiger partial charge in [0.15, 0.2) is 15.5 Å². The molecule has 0 spiro atoms. The van der Waals surface area contributed by atoms with Crippen LogP contribution in [0.2, 0.25) is 0 Å². The van der Waals surface area contributed by atoms with Gasteiger partial charge in [-0.05, 0) is 31.7 Å². The average molecular weight is 585 g/mol. The number of rotatable bonds is 5. The Morgan fingerprint density at radius 3 is 2.38 bits per heavy atom. The maximum atomic E-state index is 13.3. The number of sulfone groups is 1. The summed E-state index contributed by atoms with van der Waals surface area (Å²) in [6, 6.07) is 13.4. The molecule has 13 heteroatoms. The number of H-pyrrole nitrogens is 2. The topological polar surface area (TPSA) is 172 Å². The van der Waals surface area contributed by atoms with Crippen molar-refractivity contribution in [3.8, 4) is 22.4 Å². The fourth-order valence-electron chi connectivity index (χ4n) is 6.55. The maximum Gasteiger partial charge on any atom is 0.276 e. The predicted octanol–water partition coefficient (Wildman–Crippen LogP) is 3.01. The first-order valence-corrected chi connectivity index (χ1v) is 15.6. The number of aromatic nitrogens is 6. The van der Waals surface area contributed by atoms with Gasteiger partial charge >= 0.3 is 0 Å². The van der Waals surface area contributed by atoms with Crippen LogP contribution in [0.15, 0.2) is 70.7 Å². The molecular formula is C29H28N8O4S. The molecule has 12 nitrogen and oxygen atoms in total. The molecule has 2 fully saturated rings. The molecule has 0 radical (unpaired) electrons. The van der Waals surface area contributed by atoms with E-state index in [0.717, 1.165) is 35.9 Å². The Balaban J connectivity index is 1.28. The summed E-state index contributed by atoms with van der Waals surface area (Å²) < 4.78 is 27.5. The minimum Gasteiger partial charge on any atom is -0.382 e. The van der Waals surface area contributed by atoms with E-state index in [1.54, 1.807) is 17.3 Å². The summed E-state index contributed by atoms with van der Waals surface area (Å²) in [5.74, 6) is -0.573. The third-order valence-corrected chi connectivity index (χ3v) is 9.57. The number of fused-ring (bicyclic) bond motifs is 3. The Morgan fingerprint density at radius 2 is 1.76 bits per heavy atom. The molecule has 214 valence electrons. The number of nitrogen functional groups attached to an aromatic ring is 1. The minimum absolute atomic E-state index is 0.00215. The Bertz CT molecular complexity index is 1980. The molecule has 4 N–H and O–H groups in total. The van der Waals surface area contributed by atoms with Crippen molar-refractivity contribution in [1.82, 2.24) is 34.7 Å². The molecule has 0 aliphatic carbocycles.